The van der Waals surface area contributed by atoms with Crippen LogP contribution in [0.25, 0.3) is 0 Å². The van der Waals surface area contributed by atoms with E-state index in [1.165, 1.54) is 11.3 Å². The molecule has 4 heteroatoms. The summed E-state index contributed by atoms with van der Waals surface area (Å²) in [4.78, 5) is 3.98. The average molecular weight is 187 g/mol. The molecule has 0 aromatic carbocycles. The molecular formula is C8H13NO2S. The first-order valence-electron chi connectivity index (χ1n) is 3.98. The Bertz CT molecular complexity index is 201. The molecule has 0 saturated heterocycles. The summed E-state index contributed by atoms with van der Waals surface area (Å²) in [6.07, 6.45) is 0.409. The van der Waals surface area contributed by atoms with Gasteiger partial charge in [0.1, 0.15) is 6.10 Å². The Balaban J connectivity index is 2.25. The van der Waals surface area contributed by atoms with Crippen LogP contribution >= 0.6 is 11.3 Å². The van der Waals surface area contributed by atoms with Gasteiger partial charge in [0, 0.05) is 12.0 Å². The first kappa shape index (κ1) is 9.64. The van der Waals surface area contributed by atoms with Crippen LogP contribution in [0.5, 0.6) is 0 Å². The Hall–Kier alpha value is -0.450. The first-order chi connectivity index (χ1) is 5.84. The highest BCUT2D eigenvalue weighted by molar-refractivity contribution is 7.07. The zero-order chi connectivity index (χ0) is 8.81. The van der Waals surface area contributed by atoms with Crippen molar-refractivity contribution in [3.05, 3.63) is 16.6 Å². The molecule has 68 valence electrons. The molecule has 1 unspecified atom stereocenters. The summed E-state index contributed by atoms with van der Waals surface area (Å²) in [7, 11) is 0. The van der Waals surface area contributed by atoms with E-state index in [0.717, 1.165) is 6.42 Å². The fourth-order valence-electron chi connectivity index (χ4n) is 0.811. The molecule has 1 rings (SSSR count). The van der Waals surface area contributed by atoms with Crippen LogP contribution in [0.1, 0.15) is 25.1 Å². The third kappa shape index (κ3) is 2.89. The minimum atomic E-state index is -0.567. The number of nitrogens with zero attached hydrogens (tertiary/aromatic N) is 1. The highest BCUT2D eigenvalue weighted by Crippen LogP contribution is 2.12. The van der Waals surface area contributed by atoms with Crippen LogP contribution < -0.4 is 0 Å². The van der Waals surface area contributed by atoms with Gasteiger partial charge in [-0.25, -0.2) is 4.98 Å². The third-order valence-corrected chi connectivity index (χ3v) is 2.02. The summed E-state index contributed by atoms with van der Waals surface area (Å²) in [6.45, 7) is 3.08. The highest BCUT2D eigenvalue weighted by atomic mass is 32.1. The van der Waals surface area contributed by atoms with Gasteiger partial charge in [-0.2, -0.15) is 0 Å². The van der Waals surface area contributed by atoms with Gasteiger partial charge in [0.15, 0.2) is 0 Å². The van der Waals surface area contributed by atoms with Crippen LogP contribution in [0.2, 0.25) is 0 Å². The average Bonchev–Trinajstić information content (AvgIpc) is 2.56. The van der Waals surface area contributed by atoms with Crippen molar-refractivity contribution in [1.82, 2.24) is 4.98 Å². The minimum absolute atomic E-state index is 0.345. The van der Waals surface area contributed by atoms with Crippen LogP contribution in [-0.2, 0) is 4.74 Å². The van der Waals surface area contributed by atoms with E-state index in [1.807, 2.05) is 12.3 Å². The van der Waals surface area contributed by atoms with Crippen molar-refractivity contribution in [2.45, 2.75) is 19.4 Å². The molecule has 1 aromatic heterocycles. The number of ether oxygens (including phenoxy) is 1. The lowest BCUT2D eigenvalue weighted by Gasteiger charge is -2.07. The van der Waals surface area contributed by atoms with E-state index in [4.69, 9.17) is 4.74 Å². The standard InChI is InChI=1S/C8H13NO2S/c1-2-3-11-4-8(10)7-5-12-6-9-7/h5-6,8,10H,2-4H2,1H3. The van der Waals surface area contributed by atoms with Gasteiger partial charge in [0.25, 0.3) is 0 Å². The van der Waals surface area contributed by atoms with E-state index in [-0.39, 0.29) is 0 Å². The summed E-state index contributed by atoms with van der Waals surface area (Å²) in [5.74, 6) is 0. The predicted molar refractivity (Wildman–Crippen MR) is 48.2 cm³/mol. The molecule has 1 heterocycles. The number of thiazole rings is 1. The molecule has 0 fully saturated rings. The van der Waals surface area contributed by atoms with Gasteiger partial charge in [0.05, 0.1) is 17.8 Å². The topological polar surface area (TPSA) is 42.4 Å². The zero-order valence-electron chi connectivity index (χ0n) is 7.06. The van der Waals surface area contributed by atoms with E-state index < -0.39 is 6.10 Å². The Labute approximate surface area is 76.0 Å². The van der Waals surface area contributed by atoms with Gasteiger partial charge < -0.3 is 9.84 Å². The molecule has 1 atom stereocenters. The number of aliphatic hydroxyl groups is 1. The van der Waals surface area contributed by atoms with Crippen molar-refractivity contribution in [3.63, 3.8) is 0 Å². The second-order valence-electron chi connectivity index (χ2n) is 2.50. The molecule has 0 saturated carbocycles. The van der Waals surface area contributed by atoms with Crippen molar-refractivity contribution < 1.29 is 9.84 Å². The summed E-state index contributed by atoms with van der Waals surface area (Å²) in [5, 5.41) is 11.3. The smallest absolute Gasteiger partial charge is 0.120 e. The predicted octanol–water partition coefficient (Wildman–Crippen LogP) is 1.60. The van der Waals surface area contributed by atoms with E-state index in [2.05, 4.69) is 4.98 Å². The maximum absolute atomic E-state index is 9.46. The Morgan fingerprint density at radius 2 is 2.58 bits per heavy atom. The molecule has 3 nitrogen and oxygen atoms in total. The molecule has 12 heavy (non-hydrogen) atoms. The van der Waals surface area contributed by atoms with E-state index in [0.29, 0.717) is 18.9 Å². The van der Waals surface area contributed by atoms with Crippen LogP contribution in [0, 0.1) is 0 Å². The van der Waals surface area contributed by atoms with Crippen LogP contribution in [0.15, 0.2) is 10.9 Å². The van der Waals surface area contributed by atoms with Gasteiger partial charge >= 0.3 is 0 Å². The largest absolute Gasteiger partial charge is 0.384 e. The van der Waals surface area contributed by atoms with Gasteiger partial charge in [-0.05, 0) is 6.42 Å². The number of hydrogen-bond acceptors (Lipinski definition) is 4. The molecule has 1 aromatic rings. The normalized spacial score (nSPS) is 13.2. The Morgan fingerprint density at radius 1 is 1.75 bits per heavy atom. The molecule has 0 aliphatic rings. The van der Waals surface area contributed by atoms with Crippen molar-refractivity contribution in [1.29, 1.82) is 0 Å². The lowest BCUT2D eigenvalue weighted by molar-refractivity contribution is 0.0345. The fourth-order valence-corrected chi connectivity index (χ4v) is 1.41. The van der Waals surface area contributed by atoms with Crippen LogP contribution in [0.3, 0.4) is 0 Å². The summed E-state index contributed by atoms with van der Waals surface area (Å²) >= 11 is 1.48. The summed E-state index contributed by atoms with van der Waals surface area (Å²) in [6, 6.07) is 0. The van der Waals surface area contributed by atoms with Crippen molar-refractivity contribution in [2.24, 2.45) is 0 Å². The van der Waals surface area contributed by atoms with Crippen LogP contribution in [0.4, 0.5) is 0 Å². The lowest BCUT2D eigenvalue weighted by atomic mass is 10.3. The molecule has 1 N–H and O–H groups in total. The van der Waals surface area contributed by atoms with Crippen LogP contribution in [-0.4, -0.2) is 23.3 Å². The monoisotopic (exact) mass is 187 g/mol. The molecule has 0 bridgehead atoms. The maximum Gasteiger partial charge on any atom is 0.120 e. The third-order valence-electron chi connectivity index (χ3n) is 1.42. The van der Waals surface area contributed by atoms with Crippen molar-refractivity contribution in [3.8, 4) is 0 Å². The molecular weight excluding hydrogens is 174 g/mol. The lowest BCUT2D eigenvalue weighted by Crippen LogP contribution is -2.07. The first-order valence-corrected chi connectivity index (χ1v) is 4.92. The Kier molecular flexibility index (Phi) is 4.21. The number of aliphatic hydroxyl groups excluding tert-OH is 1. The van der Waals surface area contributed by atoms with E-state index in [9.17, 15) is 5.11 Å². The second-order valence-corrected chi connectivity index (χ2v) is 3.22. The maximum atomic E-state index is 9.46. The van der Waals surface area contributed by atoms with Gasteiger partial charge in [0.2, 0.25) is 0 Å². The van der Waals surface area contributed by atoms with E-state index >= 15 is 0 Å². The quantitative estimate of drug-likeness (QED) is 0.712. The number of hydrogen-bond donors (Lipinski definition) is 1. The molecule has 0 spiro atoms. The molecule has 0 aliphatic heterocycles. The molecule has 0 amide bonds. The number of aromatic nitrogens is 1. The van der Waals surface area contributed by atoms with Gasteiger partial charge in [-0.3, -0.25) is 0 Å². The molecule has 0 aliphatic carbocycles. The SMILES string of the molecule is CCCOCC(O)c1cscn1. The minimum Gasteiger partial charge on any atom is -0.384 e. The fraction of sp³-hybridized carbons (Fsp3) is 0.625. The van der Waals surface area contributed by atoms with E-state index in [1.54, 1.807) is 5.51 Å². The zero-order valence-corrected chi connectivity index (χ0v) is 7.88. The molecule has 0 radical (unpaired) electrons. The second kappa shape index (κ2) is 5.24. The summed E-state index contributed by atoms with van der Waals surface area (Å²) in [5.41, 5.74) is 2.41. The van der Waals surface area contributed by atoms with Crippen molar-refractivity contribution in [2.75, 3.05) is 13.2 Å². The Morgan fingerprint density at radius 3 is 3.17 bits per heavy atom. The highest BCUT2D eigenvalue weighted by Gasteiger charge is 2.08. The summed E-state index contributed by atoms with van der Waals surface area (Å²) < 4.78 is 5.18. The van der Waals surface area contributed by atoms with Gasteiger partial charge in [-0.1, -0.05) is 6.92 Å². The number of rotatable bonds is 5. The van der Waals surface area contributed by atoms with Gasteiger partial charge in [-0.15, -0.1) is 11.3 Å². The van der Waals surface area contributed by atoms with Crippen molar-refractivity contribution >= 4 is 11.3 Å².